The molecule has 1 saturated heterocycles. The molecule has 0 aromatic heterocycles. The summed E-state index contributed by atoms with van der Waals surface area (Å²) in [5.74, 6) is 2.39. The van der Waals surface area contributed by atoms with Crippen LogP contribution in [-0.2, 0) is 4.79 Å². The molecule has 1 aliphatic rings. The molecule has 110 valence electrons. The lowest BCUT2D eigenvalue weighted by Crippen LogP contribution is -2.39. The molecule has 6 heteroatoms. The van der Waals surface area contributed by atoms with Crippen LogP contribution in [0, 0.1) is 0 Å². The molecule has 0 bridgehead atoms. The number of hydrogen-bond acceptors (Lipinski definition) is 4. The molecule has 0 aliphatic carbocycles. The van der Waals surface area contributed by atoms with Crippen LogP contribution in [0.5, 0.6) is 0 Å². The number of nitrogens with zero attached hydrogens (tertiary/aromatic N) is 1. The Morgan fingerprint density at radius 2 is 2.15 bits per heavy atom. The minimum atomic E-state index is -0.0403. The molecule has 0 atom stereocenters. The Morgan fingerprint density at radius 1 is 1.35 bits per heavy atom. The van der Waals surface area contributed by atoms with E-state index in [9.17, 15) is 4.79 Å². The first-order valence-electron chi connectivity index (χ1n) is 6.80. The van der Waals surface area contributed by atoms with E-state index < -0.39 is 0 Å². The number of rotatable bonds is 6. The Morgan fingerprint density at radius 3 is 2.90 bits per heavy atom. The molecular formula is C14H20ClN3OS. The van der Waals surface area contributed by atoms with Crippen LogP contribution in [0.2, 0.25) is 5.02 Å². The van der Waals surface area contributed by atoms with Gasteiger partial charge in [0.2, 0.25) is 5.91 Å². The molecule has 0 unspecified atom stereocenters. The van der Waals surface area contributed by atoms with Crippen molar-refractivity contribution >= 4 is 35.0 Å². The number of nitrogens with one attached hydrogen (secondary N) is 2. The highest BCUT2D eigenvalue weighted by atomic mass is 35.5. The Balaban J connectivity index is 1.60. The van der Waals surface area contributed by atoms with E-state index in [4.69, 9.17) is 11.6 Å². The molecule has 1 aromatic carbocycles. The van der Waals surface area contributed by atoms with Gasteiger partial charge in [-0.2, -0.15) is 11.8 Å². The van der Waals surface area contributed by atoms with Crippen LogP contribution in [0.25, 0.3) is 0 Å². The highest BCUT2D eigenvalue weighted by Gasteiger charge is 2.09. The first-order valence-corrected chi connectivity index (χ1v) is 8.33. The van der Waals surface area contributed by atoms with Crippen molar-refractivity contribution in [1.29, 1.82) is 0 Å². The summed E-state index contributed by atoms with van der Waals surface area (Å²) in [4.78, 5) is 14.2. The third kappa shape index (κ3) is 5.71. The van der Waals surface area contributed by atoms with Crippen molar-refractivity contribution in [3.05, 3.63) is 29.3 Å². The van der Waals surface area contributed by atoms with Gasteiger partial charge in [-0.3, -0.25) is 4.79 Å². The number of anilines is 1. The number of carbonyl (C=O) groups excluding carboxylic acids is 1. The van der Waals surface area contributed by atoms with Gasteiger partial charge in [0, 0.05) is 48.4 Å². The quantitative estimate of drug-likeness (QED) is 0.788. The van der Waals surface area contributed by atoms with Gasteiger partial charge in [0.1, 0.15) is 0 Å². The van der Waals surface area contributed by atoms with Crippen LogP contribution >= 0.6 is 23.4 Å². The van der Waals surface area contributed by atoms with Gasteiger partial charge in [-0.1, -0.05) is 17.7 Å². The van der Waals surface area contributed by atoms with Gasteiger partial charge in [-0.25, -0.2) is 0 Å². The molecular weight excluding hydrogens is 294 g/mol. The first kappa shape index (κ1) is 15.6. The summed E-state index contributed by atoms with van der Waals surface area (Å²) >= 11 is 7.88. The molecule has 1 heterocycles. The number of benzene rings is 1. The van der Waals surface area contributed by atoms with Gasteiger partial charge in [0.15, 0.2) is 0 Å². The molecule has 0 radical (unpaired) electrons. The zero-order valence-electron chi connectivity index (χ0n) is 11.4. The number of carbonyl (C=O) groups is 1. The summed E-state index contributed by atoms with van der Waals surface area (Å²) < 4.78 is 0. The molecule has 1 amide bonds. The fourth-order valence-electron chi connectivity index (χ4n) is 2.04. The molecule has 2 N–H and O–H groups in total. The van der Waals surface area contributed by atoms with Crippen LogP contribution in [-0.4, -0.2) is 55.0 Å². The highest BCUT2D eigenvalue weighted by molar-refractivity contribution is 7.99. The molecule has 1 aliphatic heterocycles. The maximum Gasteiger partial charge on any atom is 0.238 e. The lowest BCUT2D eigenvalue weighted by Gasteiger charge is -2.25. The van der Waals surface area contributed by atoms with E-state index in [0.717, 1.165) is 31.9 Å². The van der Waals surface area contributed by atoms with Crippen LogP contribution < -0.4 is 10.6 Å². The summed E-state index contributed by atoms with van der Waals surface area (Å²) in [6.07, 6.45) is 0. The predicted molar refractivity (Wildman–Crippen MR) is 86.7 cm³/mol. The van der Waals surface area contributed by atoms with Crippen molar-refractivity contribution in [2.24, 2.45) is 0 Å². The predicted octanol–water partition coefficient (Wildman–Crippen LogP) is 1.92. The lowest BCUT2D eigenvalue weighted by molar-refractivity contribution is -0.115. The van der Waals surface area contributed by atoms with Crippen molar-refractivity contribution in [3.63, 3.8) is 0 Å². The standard InChI is InChI=1S/C14H20ClN3OS/c15-12-2-1-3-13(10-12)17-14(19)11-16-4-5-18-6-8-20-9-7-18/h1-3,10,16H,4-9,11H2,(H,17,19). The smallest absolute Gasteiger partial charge is 0.238 e. The Hall–Kier alpha value is -0.750. The van der Waals surface area contributed by atoms with E-state index in [0.29, 0.717) is 11.6 Å². The second-order valence-electron chi connectivity index (χ2n) is 4.69. The van der Waals surface area contributed by atoms with E-state index in [2.05, 4.69) is 15.5 Å². The van der Waals surface area contributed by atoms with E-state index in [-0.39, 0.29) is 5.91 Å². The average molecular weight is 314 g/mol. The fraction of sp³-hybridized carbons (Fsp3) is 0.500. The van der Waals surface area contributed by atoms with Crippen LogP contribution in [0.1, 0.15) is 0 Å². The van der Waals surface area contributed by atoms with E-state index in [1.54, 1.807) is 12.1 Å². The second kappa shape index (κ2) is 8.52. The van der Waals surface area contributed by atoms with Crippen LogP contribution in [0.15, 0.2) is 24.3 Å². The molecule has 2 rings (SSSR count). The molecule has 20 heavy (non-hydrogen) atoms. The Bertz CT molecular complexity index is 438. The zero-order valence-corrected chi connectivity index (χ0v) is 13.0. The number of hydrogen-bond donors (Lipinski definition) is 2. The molecule has 1 aromatic rings. The van der Waals surface area contributed by atoms with Crippen LogP contribution in [0.4, 0.5) is 5.69 Å². The first-order chi connectivity index (χ1) is 9.74. The van der Waals surface area contributed by atoms with E-state index in [1.165, 1.54) is 11.5 Å². The average Bonchev–Trinajstić information content (AvgIpc) is 2.45. The van der Waals surface area contributed by atoms with Gasteiger partial charge in [0.05, 0.1) is 6.54 Å². The second-order valence-corrected chi connectivity index (χ2v) is 6.35. The minimum Gasteiger partial charge on any atom is -0.325 e. The largest absolute Gasteiger partial charge is 0.325 e. The molecule has 0 spiro atoms. The third-order valence-electron chi connectivity index (χ3n) is 3.10. The SMILES string of the molecule is O=C(CNCCN1CCSCC1)Nc1cccc(Cl)c1. The van der Waals surface area contributed by atoms with Gasteiger partial charge in [0.25, 0.3) is 0 Å². The van der Waals surface area contributed by atoms with Gasteiger partial charge < -0.3 is 15.5 Å². The van der Waals surface area contributed by atoms with Gasteiger partial charge in [-0.15, -0.1) is 0 Å². The minimum absolute atomic E-state index is 0.0403. The maximum atomic E-state index is 11.7. The molecule has 0 saturated carbocycles. The summed E-state index contributed by atoms with van der Waals surface area (Å²) in [5.41, 5.74) is 0.734. The highest BCUT2D eigenvalue weighted by Crippen LogP contribution is 2.14. The number of halogens is 1. The fourth-order valence-corrected chi connectivity index (χ4v) is 3.20. The Kier molecular flexibility index (Phi) is 6.66. The summed E-state index contributed by atoms with van der Waals surface area (Å²) in [7, 11) is 0. The summed E-state index contributed by atoms with van der Waals surface area (Å²) in [6, 6.07) is 7.17. The van der Waals surface area contributed by atoms with E-state index >= 15 is 0 Å². The summed E-state index contributed by atoms with van der Waals surface area (Å²) in [5, 5.41) is 6.62. The maximum absolute atomic E-state index is 11.7. The normalized spacial score (nSPS) is 16.1. The summed E-state index contributed by atoms with van der Waals surface area (Å²) in [6.45, 7) is 4.48. The number of thioether (sulfide) groups is 1. The van der Waals surface area contributed by atoms with Gasteiger partial charge >= 0.3 is 0 Å². The van der Waals surface area contributed by atoms with Gasteiger partial charge in [-0.05, 0) is 18.2 Å². The van der Waals surface area contributed by atoms with Crippen molar-refractivity contribution in [3.8, 4) is 0 Å². The van der Waals surface area contributed by atoms with Crippen LogP contribution in [0.3, 0.4) is 0 Å². The van der Waals surface area contributed by atoms with Crippen molar-refractivity contribution in [2.45, 2.75) is 0 Å². The van der Waals surface area contributed by atoms with Crippen molar-refractivity contribution in [2.75, 3.05) is 49.5 Å². The monoisotopic (exact) mass is 313 g/mol. The van der Waals surface area contributed by atoms with Crippen molar-refractivity contribution < 1.29 is 4.79 Å². The molecule has 1 fully saturated rings. The number of amides is 1. The molecule has 4 nitrogen and oxygen atoms in total. The Labute approximate surface area is 129 Å². The lowest BCUT2D eigenvalue weighted by atomic mass is 10.3. The van der Waals surface area contributed by atoms with E-state index in [1.807, 2.05) is 23.9 Å². The van der Waals surface area contributed by atoms with Crippen molar-refractivity contribution in [1.82, 2.24) is 10.2 Å². The zero-order chi connectivity index (χ0) is 14.2. The topological polar surface area (TPSA) is 44.4 Å². The third-order valence-corrected chi connectivity index (χ3v) is 4.28.